The molecule has 1 fully saturated rings. The van der Waals surface area contributed by atoms with E-state index in [1.807, 2.05) is 18.2 Å². The number of carbonyl (C=O) groups is 1. The zero-order valence-electron chi connectivity index (χ0n) is 23.1. The molecule has 4 rings (SSSR count). The molecule has 0 saturated heterocycles. The lowest BCUT2D eigenvalue weighted by Crippen LogP contribution is -3.00. The van der Waals surface area contributed by atoms with Gasteiger partial charge in [-0.25, -0.2) is 13.4 Å². The maximum absolute atomic E-state index is 13.8. The van der Waals surface area contributed by atoms with Crippen LogP contribution in [0.3, 0.4) is 0 Å². The Kier molecular flexibility index (Phi) is 11.1. The fraction of sp³-hybridized carbons (Fsp3) is 0.500. The number of likely N-dealkylation sites (N-methyl/N-ethyl adjacent to an activating group) is 1. The Hall–Kier alpha value is -2.24. The fourth-order valence-electron chi connectivity index (χ4n) is 4.93. The molecule has 1 aliphatic carbocycles. The highest BCUT2D eigenvalue weighted by molar-refractivity contribution is 7.89. The molecule has 1 saturated carbocycles. The smallest absolute Gasteiger partial charge is 0.260 e. The number of carbonyl (C=O) groups excluding carboxylic acids is 1. The first-order valence-electron chi connectivity index (χ1n) is 13.3. The van der Waals surface area contributed by atoms with Crippen molar-refractivity contribution in [1.82, 2.24) is 14.2 Å². The summed E-state index contributed by atoms with van der Waals surface area (Å²) in [7, 11) is -0.333. The molecule has 1 amide bonds. The topological polar surface area (TPSA) is 83.1 Å². The summed E-state index contributed by atoms with van der Waals surface area (Å²) in [5, 5.41) is 0.610. The summed E-state index contributed by atoms with van der Waals surface area (Å²) in [6, 6.07) is 12.0. The van der Waals surface area contributed by atoms with Gasteiger partial charge in [-0.1, -0.05) is 44.4 Å². The zero-order valence-corrected chi connectivity index (χ0v) is 25.5. The Morgan fingerprint density at radius 1 is 1.03 bits per heavy atom. The molecule has 8 nitrogen and oxygen atoms in total. The molecule has 0 unspecified atom stereocenters. The van der Waals surface area contributed by atoms with Crippen LogP contribution in [0.15, 0.2) is 47.4 Å². The first-order valence-corrected chi connectivity index (χ1v) is 15.6. The van der Waals surface area contributed by atoms with Crippen molar-refractivity contribution in [2.75, 3.05) is 45.2 Å². The number of rotatable bonds is 11. The van der Waals surface area contributed by atoms with Crippen molar-refractivity contribution < 1.29 is 30.4 Å². The van der Waals surface area contributed by atoms with Crippen molar-refractivity contribution in [3.8, 4) is 5.75 Å². The molecule has 1 heterocycles. The summed E-state index contributed by atoms with van der Waals surface area (Å²) in [6.45, 7) is 7.15. The maximum Gasteiger partial charge on any atom is 0.260 e. The van der Waals surface area contributed by atoms with E-state index in [0.717, 1.165) is 61.2 Å². The van der Waals surface area contributed by atoms with Crippen LogP contribution in [0.5, 0.6) is 5.75 Å². The summed E-state index contributed by atoms with van der Waals surface area (Å²) in [4.78, 5) is 22.7. The quantitative estimate of drug-likeness (QED) is 0.339. The van der Waals surface area contributed by atoms with Crippen molar-refractivity contribution in [1.29, 1.82) is 0 Å². The Bertz CT molecular complexity index is 1340. The number of ether oxygens (including phenoxy) is 1. The van der Waals surface area contributed by atoms with Gasteiger partial charge in [-0.3, -0.25) is 9.69 Å². The number of halogens is 1. The van der Waals surface area contributed by atoms with Crippen LogP contribution in [-0.2, 0) is 10.0 Å². The van der Waals surface area contributed by atoms with Crippen molar-refractivity contribution >= 4 is 42.6 Å². The van der Waals surface area contributed by atoms with Gasteiger partial charge in [0.05, 0.1) is 22.2 Å². The van der Waals surface area contributed by atoms with E-state index in [2.05, 4.69) is 18.7 Å². The predicted molar refractivity (Wildman–Crippen MR) is 154 cm³/mol. The molecule has 3 aromatic rings. The summed E-state index contributed by atoms with van der Waals surface area (Å²) in [5.74, 6) is 0.538. The molecule has 39 heavy (non-hydrogen) atoms. The molecule has 11 heteroatoms. The van der Waals surface area contributed by atoms with Gasteiger partial charge in [-0.2, -0.15) is 4.31 Å². The molecule has 1 aromatic heterocycles. The molecular formula is C28H38ClN4O4S2-. The van der Waals surface area contributed by atoms with Crippen LogP contribution in [0, 0.1) is 0 Å². The number of amides is 1. The van der Waals surface area contributed by atoms with E-state index in [0.29, 0.717) is 23.8 Å². The third-order valence-corrected chi connectivity index (χ3v) is 10.4. The summed E-state index contributed by atoms with van der Waals surface area (Å²) >= 11 is 1.44. The van der Waals surface area contributed by atoms with E-state index in [-0.39, 0.29) is 29.3 Å². The number of benzene rings is 2. The average molecular weight is 594 g/mol. The molecule has 0 bridgehead atoms. The number of aromatic nitrogens is 1. The van der Waals surface area contributed by atoms with E-state index < -0.39 is 10.0 Å². The number of sulfonamides is 1. The normalized spacial score (nSPS) is 14.5. The molecule has 0 atom stereocenters. The Morgan fingerprint density at radius 2 is 1.69 bits per heavy atom. The first-order chi connectivity index (χ1) is 18.3. The highest BCUT2D eigenvalue weighted by Gasteiger charge is 2.29. The minimum absolute atomic E-state index is 0. The lowest BCUT2D eigenvalue weighted by atomic mass is 9.96. The Morgan fingerprint density at radius 3 is 2.31 bits per heavy atom. The minimum Gasteiger partial charge on any atom is -1.00 e. The average Bonchev–Trinajstić information content (AvgIpc) is 3.38. The van der Waals surface area contributed by atoms with Crippen LogP contribution >= 0.6 is 11.3 Å². The fourth-order valence-corrected chi connectivity index (χ4v) is 7.37. The molecule has 0 spiro atoms. The van der Waals surface area contributed by atoms with Gasteiger partial charge >= 0.3 is 0 Å². The highest BCUT2D eigenvalue weighted by atomic mass is 35.5. The van der Waals surface area contributed by atoms with Crippen LogP contribution in [0.2, 0.25) is 0 Å². The highest BCUT2D eigenvalue weighted by Crippen LogP contribution is 2.32. The predicted octanol–water partition coefficient (Wildman–Crippen LogP) is 2.25. The van der Waals surface area contributed by atoms with Crippen LogP contribution in [-0.4, -0.2) is 74.9 Å². The van der Waals surface area contributed by atoms with Gasteiger partial charge in [0.15, 0.2) is 5.13 Å². The number of anilines is 1. The summed E-state index contributed by atoms with van der Waals surface area (Å²) in [5.41, 5.74) is 1.24. The first kappa shape index (κ1) is 31.3. The second kappa shape index (κ2) is 13.9. The zero-order chi connectivity index (χ0) is 27.3. The molecule has 2 aromatic carbocycles. The van der Waals surface area contributed by atoms with Gasteiger partial charge in [-0.15, -0.1) is 0 Å². The number of hydrogen-bond donors (Lipinski definition) is 0. The van der Waals surface area contributed by atoms with Crippen molar-refractivity contribution in [3.63, 3.8) is 0 Å². The number of hydrogen-bond acceptors (Lipinski definition) is 7. The van der Waals surface area contributed by atoms with Gasteiger partial charge < -0.3 is 22.0 Å². The van der Waals surface area contributed by atoms with Crippen LogP contribution in [0.25, 0.3) is 10.2 Å². The van der Waals surface area contributed by atoms with Crippen molar-refractivity contribution in [3.05, 3.63) is 48.0 Å². The summed E-state index contributed by atoms with van der Waals surface area (Å²) < 4.78 is 34.3. The number of thiazole rings is 1. The second-order valence-electron chi connectivity index (χ2n) is 9.65. The second-order valence-corrected chi connectivity index (χ2v) is 12.7. The SMILES string of the molecule is CCN(CC)CCN(C(=O)c1ccc(S(=O)(=O)N(C)C2CCCCC2)cc1)c1nc2ccc(OC)cc2s1.[Cl-]. The molecule has 0 N–H and O–H groups in total. The Balaban J connectivity index is 0.00000420. The van der Waals surface area contributed by atoms with Gasteiger partial charge in [0.2, 0.25) is 10.0 Å². The molecular weight excluding hydrogens is 556 g/mol. The van der Waals surface area contributed by atoms with Gasteiger partial charge in [0, 0.05) is 31.7 Å². The largest absolute Gasteiger partial charge is 1.00 e. The standard InChI is InChI=1S/C28H38N4O4S2.ClH/c1-5-31(6-2)18-19-32(28-29-25-17-14-23(36-4)20-26(25)37-28)27(33)21-12-15-24(16-13-21)38(34,35)30(3)22-10-8-7-9-11-22;/h12-17,20,22H,5-11,18-19H2,1-4H3;1H/p-1. The lowest BCUT2D eigenvalue weighted by molar-refractivity contribution is -0.0000184. The molecule has 1 aliphatic rings. The van der Waals surface area contributed by atoms with E-state index >= 15 is 0 Å². The Labute approximate surface area is 242 Å². The molecule has 0 radical (unpaired) electrons. The van der Waals surface area contributed by atoms with Gasteiger partial charge in [0.25, 0.3) is 5.91 Å². The number of fused-ring (bicyclic) bond motifs is 1. The summed E-state index contributed by atoms with van der Waals surface area (Å²) in [6.07, 6.45) is 5.05. The lowest BCUT2D eigenvalue weighted by Gasteiger charge is -2.30. The molecule has 0 aliphatic heterocycles. The van der Waals surface area contributed by atoms with E-state index in [1.165, 1.54) is 15.6 Å². The maximum atomic E-state index is 13.8. The van der Waals surface area contributed by atoms with Crippen molar-refractivity contribution in [2.45, 2.75) is 56.9 Å². The van der Waals surface area contributed by atoms with Crippen LogP contribution < -0.4 is 22.0 Å². The number of methoxy groups -OCH3 is 1. The van der Waals surface area contributed by atoms with E-state index in [1.54, 1.807) is 43.3 Å². The van der Waals surface area contributed by atoms with Crippen LogP contribution in [0.4, 0.5) is 5.13 Å². The van der Waals surface area contributed by atoms with E-state index in [9.17, 15) is 13.2 Å². The third-order valence-electron chi connectivity index (χ3n) is 7.46. The van der Waals surface area contributed by atoms with Gasteiger partial charge in [-0.05, 0) is 68.4 Å². The van der Waals surface area contributed by atoms with Gasteiger partial charge in [0.1, 0.15) is 5.75 Å². The van der Waals surface area contributed by atoms with E-state index in [4.69, 9.17) is 9.72 Å². The third kappa shape index (κ3) is 7.10. The minimum atomic E-state index is -3.63. The van der Waals surface area contributed by atoms with Crippen LogP contribution in [0.1, 0.15) is 56.3 Å². The van der Waals surface area contributed by atoms with Crippen molar-refractivity contribution in [2.24, 2.45) is 0 Å². The molecule has 214 valence electrons. The number of nitrogens with zero attached hydrogens (tertiary/aromatic N) is 4. The monoisotopic (exact) mass is 593 g/mol.